The molecule has 118 valence electrons. The molecule has 0 bridgehead atoms. The molecule has 1 fully saturated rings. The van der Waals surface area contributed by atoms with Gasteiger partial charge in [0, 0.05) is 36.6 Å². The van der Waals surface area contributed by atoms with Gasteiger partial charge in [0.25, 0.3) is 5.91 Å². The van der Waals surface area contributed by atoms with Crippen LogP contribution < -0.4 is 5.32 Å². The van der Waals surface area contributed by atoms with E-state index in [9.17, 15) is 4.79 Å². The van der Waals surface area contributed by atoms with E-state index in [0.717, 1.165) is 37.0 Å². The van der Waals surface area contributed by atoms with Gasteiger partial charge in [-0.25, -0.2) is 0 Å². The summed E-state index contributed by atoms with van der Waals surface area (Å²) in [6.07, 6.45) is 1.01. The average molecular weight is 325 g/mol. The molecule has 2 N–H and O–H groups in total. The molecule has 1 atom stereocenters. The van der Waals surface area contributed by atoms with Crippen LogP contribution in [0.25, 0.3) is 10.9 Å². The van der Waals surface area contributed by atoms with E-state index in [1.807, 2.05) is 30.3 Å². The molecule has 2 aromatic heterocycles. The smallest absolute Gasteiger partial charge is 0.267 e. The van der Waals surface area contributed by atoms with E-state index in [1.54, 1.807) is 11.3 Å². The van der Waals surface area contributed by atoms with Crippen molar-refractivity contribution >= 4 is 28.1 Å². The zero-order chi connectivity index (χ0) is 15.6. The van der Waals surface area contributed by atoms with Crippen LogP contribution in [0.2, 0.25) is 0 Å². The summed E-state index contributed by atoms with van der Waals surface area (Å²) < 4.78 is 0. The number of hydrogen-bond acceptors (Lipinski definition) is 3. The normalized spacial score (nSPS) is 18.5. The third-order valence-corrected chi connectivity index (χ3v) is 5.10. The molecule has 1 aliphatic rings. The van der Waals surface area contributed by atoms with Crippen LogP contribution in [0, 0.1) is 0 Å². The number of carbonyl (C=O) groups excluding carboxylic acids is 1. The summed E-state index contributed by atoms with van der Waals surface area (Å²) in [6, 6.07) is 12.3. The minimum Gasteiger partial charge on any atom is -0.351 e. The van der Waals surface area contributed by atoms with Gasteiger partial charge < -0.3 is 10.3 Å². The third kappa shape index (κ3) is 3.16. The quantitative estimate of drug-likeness (QED) is 0.774. The summed E-state index contributed by atoms with van der Waals surface area (Å²) in [5, 5.41) is 8.53. The van der Waals surface area contributed by atoms with Gasteiger partial charge in [-0.3, -0.25) is 9.69 Å². The first-order valence-corrected chi connectivity index (χ1v) is 8.84. The number of likely N-dealkylation sites (tertiary alicyclic amines) is 1. The maximum atomic E-state index is 12.4. The van der Waals surface area contributed by atoms with Crippen molar-refractivity contribution < 1.29 is 4.79 Å². The van der Waals surface area contributed by atoms with Gasteiger partial charge in [-0.15, -0.1) is 0 Å². The lowest BCUT2D eigenvalue weighted by Crippen LogP contribution is -2.37. The molecule has 23 heavy (non-hydrogen) atoms. The van der Waals surface area contributed by atoms with Gasteiger partial charge in [0.2, 0.25) is 0 Å². The van der Waals surface area contributed by atoms with Crippen molar-refractivity contribution in [2.45, 2.75) is 19.0 Å². The minimum absolute atomic E-state index is 0.0106. The topological polar surface area (TPSA) is 48.1 Å². The fourth-order valence-corrected chi connectivity index (χ4v) is 3.85. The molecule has 0 radical (unpaired) electrons. The van der Waals surface area contributed by atoms with Crippen molar-refractivity contribution in [1.29, 1.82) is 0 Å². The maximum absolute atomic E-state index is 12.4. The molecule has 1 aliphatic heterocycles. The van der Waals surface area contributed by atoms with E-state index in [0.29, 0.717) is 5.69 Å². The van der Waals surface area contributed by atoms with E-state index in [1.165, 1.54) is 5.56 Å². The average Bonchev–Trinajstić information content (AvgIpc) is 3.28. The molecule has 5 heteroatoms. The molecule has 1 saturated heterocycles. The summed E-state index contributed by atoms with van der Waals surface area (Å²) in [7, 11) is 0. The molecule has 3 aromatic rings. The molecule has 1 aromatic carbocycles. The van der Waals surface area contributed by atoms with Gasteiger partial charge in [-0.05, 0) is 40.9 Å². The molecule has 1 amide bonds. The molecule has 0 aliphatic carbocycles. The highest BCUT2D eigenvalue weighted by Gasteiger charge is 2.24. The molecule has 0 saturated carbocycles. The lowest BCUT2D eigenvalue weighted by atomic mass is 10.2. The Kier molecular flexibility index (Phi) is 3.89. The Morgan fingerprint density at radius 1 is 1.35 bits per heavy atom. The summed E-state index contributed by atoms with van der Waals surface area (Å²) in [4.78, 5) is 18.0. The second-order valence-electron chi connectivity index (χ2n) is 6.10. The molecule has 4 nitrogen and oxygen atoms in total. The molecular weight excluding hydrogens is 306 g/mol. The molecule has 3 heterocycles. The predicted molar refractivity (Wildman–Crippen MR) is 93.8 cm³/mol. The summed E-state index contributed by atoms with van der Waals surface area (Å²) >= 11 is 1.73. The Morgan fingerprint density at radius 3 is 3.09 bits per heavy atom. The van der Waals surface area contributed by atoms with Gasteiger partial charge in [-0.2, -0.15) is 11.3 Å². The third-order valence-electron chi connectivity index (χ3n) is 4.37. The summed E-state index contributed by atoms with van der Waals surface area (Å²) in [6.45, 7) is 2.93. The van der Waals surface area contributed by atoms with Gasteiger partial charge in [-0.1, -0.05) is 18.2 Å². The monoisotopic (exact) mass is 325 g/mol. The fraction of sp³-hybridized carbons (Fsp3) is 0.278. The number of nitrogens with one attached hydrogen (secondary N) is 2. The lowest BCUT2D eigenvalue weighted by molar-refractivity contribution is 0.0933. The van der Waals surface area contributed by atoms with Crippen LogP contribution in [-0.4, -0.2) is 34.9 Å². The Morgan fingerprint density at radius 2 is 2.26 bits per heavy atom. The zero-order valence-electron chi connectivity index (χ0n) is 12.8. The largest absolute Gasteiger partial charge is 0.351 e. The van der Waals surface area contributed by atoms with E-state index in [2.05, 4.69) is 32.0 Å². The Hall–Kier alpha value is -2.11. The number of para-hydroxylation sites is 1. The van der Waals surface area contributed by atoms with E-state index >= 15 is 0 Å². The summed E-state index contributed by atoms with van der Waals surface area (Å²) in [5.41, 5.74) is 3.00. The number of aromatic amines is 1. The fourth-order valence-electron chi connectivity index (χ4n) is 3.19. The number of aromatic nitrogens is 1. The summed E-state index contributed by atoms with van der Waals surface area (Å²) in [5.74, 6) is -0.0106. The number of nitrogens with zero attached hydrogens (tertiary/aromatic N) is 1. The van der Waals surface area contributed by atoms with Gasteiger partial charge in [0.05, 0.1) is 0 Å². The first-order valence-electron chi connectivity index (χ1n) is 7.90. The Balaban J connectivity index is 1.37. The molecule has 0 spiro atoms. The van der Waals surface area contributed by atoms with Crippen molar-refractivity contribution in [1.82, 2.24) is 15.2 Å². The van der Waals surface area contributed by atoms with E-state index in [4.69, 9.17) is 0 Å². The first-order chi connectivity index (χ1) is 11.3. The van der Waals surface area contributed by atoms with Gasteiger partial charge >= 0.3 is 0 Å². The van der Waals surface area contributed by atoms with Gasteiger partial charge in [0.15, 0.2) is 0 Å². The van der Waals surface area contributed by atoms with Crippen LogP contribution in [0.5, 0.6) is 0 Å². The van der Waals surface area contributed by atoms with Crippen molar-refractivity contribution in [3.8, 4) is 0 Å². The number of fused-ring (bicyclic) bond motifs is 1. The van der Waals surface area contributed by atoms with Crippen LogP contribution >= 0.6 is 11.3 Å². The lowest BCUT2D eigenvalue weighted by Gasteiger charge is -2.15. The number of rotatable bonds is 4. The number of benzene rings is 1. The highest BCUT2D eigenvalue weighted by molar-refractivity contribution is 7.07. The highest BCUT2D eigenvalue weighted by Crippen LogP contribution is 2.17. The van der Waals surface area contributed by atoms with Crippen LogP contribution in [0.4, 0.5) is 0 Å². The van der Waals surface area contributed by atoms with E-state index in [-0.39, 0.29) is 11.9 Å². The molecular formula is C18H19N3OS. The van der Waals surface area contributed by atoms with Crippen molar-refractivity contribution in [3.63, 3.8) is 0 Å². The number of H-pyrrole nitrogens is 1. The van der Waals surface area contributed by atoms with Crippen LogP contribution in [0.1, 0.15) is 22.5 Å². The minimum atomic E-state index is -0.0106. The van der Waals surface area contributed by atoms with Crippen LogP contribution in [0.3, 0.4) is 0 Å². The second kappa shape index (κ2) is 6.18. The van der Waals surface area contributed by atoms with Gasteiger partial charge in [0.1, 0.15) is 5.69 Å². The predicted octanol–water partition coefficient (Wildman–Crippen LogP) is 3.23. The van der Waals surface area contributed by atoms with Crippen molar-refractivity contribution in [3.05, 3.63) is 58.4 Å². The zero-order valence-corrected chi connectivity index (χ0v) is 13.6. The Labute approximate surface area is 139 Å². The molecule has 1 unspecified atom stereocenters. The van der Waals surface area contributed by atoms with Crippen LogP contribution in [0.15, 0.2) is 47.2 Å². The van der Waals surface area contributed by atoms with Crippen LogP contribution in [-0.2, 0) is 6.54 Å². The first kappa shape index (κ1) is 14.5. The number of amides is 1. The standard InChI is InChI=1S/C18H19N3OS/c22-18(17-9-14-3-1-2-4-16(14)20-17)19-15-5-7-21(11-15)10-13-6-8-23-12-13/h1-4,6,8-9,12,15,20H,5,7,10-11H2,(H,19,22). The van der Waals surface area contributed by atoms with Crippen molar-refractivity contribution in [2.75, 3.05) is 13.1 Å². The number of thiophene rings is 1. The maximum Gasteiger partial charge on any atom is 0.267 e. The van der Waals surface area contributed by atoms with Crippen molar-refractivity contribution in [2.24, 2.45) is 0 Å². The highest BCUT2D eigenvalue weighted by atomic mass is 32.1. The SMILES string of the molecule is O=C(NC1CCN(Cc2ccsc2)C1)c1cc2ccccc2[nH]1. The number of hydrogen-bond donors (Lipinski definition) is 2. The van der Waals surface area contributed by atoms with E-state index < -0.39 is 0 Å². The molecule has 4 rings (SSSR count). The Bertz CT molecular complexity index is 776. The number of carbonyl (C=O) groups is 1. The second-order valence-corrected chi connectivity index (χ2v) is 6.88.